The Morgan fingerprint density at radius 1 is 0.457 bits per heavy atom. The number of aromatic nitrogens is 1. The predicted octanol–water partition coefficient (Wildman–Crippen LogP) is 12.7. The van der Waals surface area contributed by atoms with Gasteiger partial charge in [-0.15, -0.1) is 11.3 Å². The molecular weight excluding hydrogens is 579 g/mol. The molecule has 0 aliphatic rings. The molecule has 0 fully saturated rings. The van der Waals surface area contributed by atoms with E-state index in [0.717, 1.165) is 44.1 Å². The number of pyridine rings is 1. The van der Waals surface area contributed by atoms with Crippen LogP contribution in [0.25, 0.3) is 97.3 Å². The maximum Gasteiger partial charge on any atom is 0.135 e. The molecule has 0 bridgehead atoms. The highest BCUT2D eigenvalue weighted by Crippen LogP contribution is 2.50. The molecular formula is C43H25NOS. The molecule has 0 aliphatic heterocycles. The summed E-state index contributed by atoms with van der Waals surface area (Å²) in [7, 11) is 0. The Morgan fingerprint density at radius 3 is 2.04 bits per heavy atom. The third-order valence-corrected chi connectivity index (χ3v) is 10.5. The van der Waals surface area contributed by atoms with Crippen LogP contribution in [-0.2, 0) is 0 Å². The van der Waals surface area contributed by atoms with Crippen molar-refractivity contribution in [2.45, 2.75) is 0 Å². The molecule has 214 valence electrons. The molecule has 10 rings (SSSR count). The van der Waals surface area contributed by atoms with Crippen molar-refractivity contribution >= 4 is 75.1 Å². The highest BCUT2D eigenvalue weighted by atomic mass is 32.1. The first-order valence-electron chi connectivity index (χ1n) is 15.5. The average Bonchev–Trinajstić information content (AvgIpc) is 3.69. The van der Waals surface area contributed by atoms with Gasteiger partial charge in [-0.25, -0.2) is 4.98 Å². The van der Waals surface area contributed by atoms with E-state index in [4.69, 9.17) is 9.40 Å². The summed E-state index contributed by atoms with van der Waals surface area (Å²) < 4.78 is 8.71. The average molecular weight is 604 g/mol. The number of hydrogen-bond donors (Lipinski definition) is 0. The van der Waals surface area contributed by atoms with Crippen LogP contribution in [0.2, 0.25) is 0 Å². The second kappa shape index (κ2) is 9.87. The molecule has 7 aromatic carbocycles. The van der Waals surface area contributed by atoms with Crippen molar-refractivity contribution in [3.8, 4) is 33.5 Å². The molecule has 0 atom stereocenters. The molecule has 2 nitrogen and oxygen atoms in total. The Balaban J connectivity index is 1.25. The summed E-state index contributed by atoms with van der Waals surface area (Å²) in [6.45, 7) is 0. The second-order valence-corrected chi connectivity index (χ2v) is 12.9. The zero-order chi connectivity index (χ0) is 30.2. The van der Waals surface area contributed by atoms with E-state index in [1.807, 2.05) is 23.5 Å². The highest BCUT2D eigenvalue weighted by molar-refractivity contribution is 7.26. The first-order chi connectivity index (χ1) is 22.8. The highest BCUT2D eigenvalue weighted by Gasteiger charge is 2.22. The molecule has 0 spiro atoms. The molecule has 0 amide bonds. The Hall–Kier alpha value is -5.77. The minimum Gasteiger partial charge on any atom is -0.456 e. The number of para-hydroxylation sites is 1. The van der Waals surface area contributed by atoms with Crippen LogP contribution in [0, 0.1) is 0 Å². The monoisotopic (exact) mass is 603 g/mol. The number of hydrogen-bond acceptors (Lipinski definition) is 3. The van der Waals surface area contributed by atoms with Gasteiger partial charge in [0.25, 0.3) is 0 Å². The van der Waals surface area contributed by atoms with Gasteiger partial charge in [0.15, 0.2) is 0 Å². The zero-order valence-corrected chi connectivity index (χ0v) is 25.5. The lowest BCUT2D eigenvalue weighted by Gasteiger charge is -2.17. The Kier molecular flexibility index (Phi) is 5.48. The second-order valence-electron chi connectivity index (χ2n) is 11.8. The molecule has 0 radical (unpaired) electrons. The molecule has 3 aromatic heterocycles. The maximum atomic E-state index is 6.09. The smallest absolute Gasteiger partial charge is 0.135 e. The van der Waals surface area contributed by atoms with Gasteiger partial charge in [0.05, 0.1) is 11.2 Å². The van der Waals surface area contributed by atoms with Crippen LogP contribution in [0.5, 0.6) is 0 Å². The van der Waals surface area contributed by atoms with Crippen molar-refractivity contribution in [3.05, 3.63) is 152 Å². The lowest BCUT2D eigenvalue weighted by atomic mass is 9.87. The fourth-order valence-corrected chi connectivity index (χ4v) is 8.53. The van der Waals surface area contributed by atoms with Crippen molar-refractivity contribution in [2.75, 3.05) is 0 Å². The number of fused-ring (bicyclic) bond motifs is 8. The lowest BCUT2D eigenvalue weighted by Crippen LogP contribution is -1.91. The van der Waals surface area contributed by atoms with Gasteiger partial charge in [0, 0.05) is 47.5 Å². The number of rotatable bonds is 3. The van der Waals surface area contributed by atoms with E-state index >= 15 is 0 Å². The topological polar surface area (TPSA) is 26.0 Å². The molecule has 0 unspecified atom stereocenters. The van der Waals surface area contributed by atoms with Crippen molar-refractivity contribution < 1.29 is 4.42 Å². The lowest BCUT2D eigenvalue weighted by molar-refractivity contribution is 0.669. The first kappa shape index (κ1) is 25.5. The van der Waals surface area contributed by atoms with E-state index in [1.54, 1.807) is 0 Å². The van der Waals surface area contributed by atoms with Crippen LogP contribution in [0.3, 0.4) is 0 Å². The van der Waals surface area contributed by atoms with E-state index in [9.17, 15) is 0 Å². The van der Waals surface area contributed by atoms with Crippen LogP contribution in [0.4, 0.5) is 0 Å². The SMILES string of the molecule is c1ccc(-c2c3ccccc3c(-c3cccc4nc(-c5ccc6oc7ccccc7c6c5)ccc34)c3c2sc2ccccc23)cc1. The largest absolute Gasteiger partial charge is 0.456 e. The van der Waals surface area contributed by atoms with Crippen molar-refractivity contribution in [1.29, 1.82) is 0 Å². The summed E-state index contributed by atoms with van der Waals surface area (Å²) in [6.07, 6.45) is 0. The van der Waals surface area contributed by atoms with Crippen LogP contribution >= 0.6 is 11.3 Å². The van der Waals surface area contributed by atoms with Crippen molar-refractivity contribution in [1.82, 2.24) is 4.98 Å². The summed E-state index contributed by atoms with van der Waals surface area (Å²) >= 11 is 1.89. The quantitative estimate of drug-likeness (QED) is 0.201. The van der Waals surface area contributed by atoms with Crippen molar-refractivity contribution in [3.63, 3.8) is 0 Å². The Morgan fingerprint density at radius 2 is 1.17 bits per heavy atom. The van der Waals surface area contributed by atoms with Gasteiger partial charge < -0.3 is 4.42 Å². The standard InChI is InChI=1S/C43H25NOS/c1-2-11-26(12-3-1)40-31-14-4-5-15-32(31)41(42-33-16-7-9-20-39(33)46-43(40)42)30-17-10-18-36-28(30)22-23-35(44-36)27-21-24-38-34(25-27)29-13-6-8-19-37(29)45-38/h1-25H. The minimum atomic E-state index is 0.894. The molecule has 0 aliphatic carbocycles. The van der Waals surface area contributed by atoms with Crippen LogP contribution in [0.15, 0.2) is 156 Å². The predicted molar refractivity (Wildman–Crippen MR) is 196 cm³/mol. The zero-order valence-electron chi connectivity index (χ0n) is 24.7. The number of furan rings is 1. The summed E-state index contributed by atoms with van der Waals surface area (Å²) in [6, 6.07) is 54.1. The number of nitrogens with zero attached hydrogens (tertiary/aromatic N) is 1. The van der Waals surface area contributed by atoms with E-state index in [0.29, 0.717) is 0 Å². The molecule has 10 aromatic rings. The first-order valence-corrected chi connectivity index (χ1v) is 16.4. The Bertz CT molecular complexity index is 2810. The van der Waals surface area contributed by atoms with Gasteiger partial charge in [0.2, 0.25) is 0 Å². The number of benzene rings is 7. The molecule has 0 N–H and O–H groups in total. The summed E-state index contributed by atoms with van der Waals surface area (Å²) in [5.41, 5.74) is 9.84. The fraction of sp³-hybridized carbons (Fsp3) is 0. The summed E-state index contributed by atoms with van der Waals surface area (Å²) in [5.74, 6) is 0. The van der Waals surface area contributed by atoms with E-state index in [-0.39, 0.29) is 0 Å². The molecule has 0 saturated carbocycles. The van der Waals surface area contributed by atoms with Crippen molar-refractivity contribution in [2.24, 2.45) is 0 Å². The van der Waals surface area contributed by atoms with E-state index in [2.05, 4.69) is 140 Å². The maximum absolute atomic E-state index is 6.09. The Labute approximate surface area is 268 Å². The molecule has 3 heterocycles. The van der Waals surface area contributed by atoms with Gasteiger partial charge in [-0.2, -0.15) is 0 Å². The third-order valence-electron chi connectivity index (χ3n) is 9.27. The molecule has 3 heteroatoms. The summed E-state index contributed by atoms with van der Waals surface area (Å²) in [4.78, 5) is 5.25. The number of thiophene rings is 1. The van der Waals surface area contributed by atoms with Gasteiger partial charge >= 0.3 is 0 Å². The molecule has 46 heavy (non-hydrogen) atoms. The van der Waals surface area contributed by atoms with Crippen LogP contribution < -0.4 is 0 Å². The van der Waals surface area contributed by atoms with Gasteiger partial charge in [-0.1, -0.05) is 109 Å². The third kappa shape index (κ3) is 3.73. The van der Waals surface area contributed by atoms with Crippen LogP contribution in [0.1, 0.15) is 0 Å². The fourth-order valence-electron chi connectivity index (χ4n) is 7.24. The van der Waals surface area contributed by atoms with Crippen LogP contribution in [-0.4, -0.2) is 4.98 Å². The van der Waals surface area contributed by atoms with Gasteiger partial charge in [-0.05, 0) is 69.9 Å². The summed E-state index contributed by atoms with van der Waals surface area (Å²) in [5, 5.41) is 8.52. The molecule has 0 saturated heterocycles. The van der Waals surface area contributed by atoms with E-state index in [1.165, 1.54) is 53.2 Å². The normalized spacial score (nSPS) is 11.9. The van der Waals surface area contributed by atoms with Gasteiger partial charge in [-0.3, -0.25) is 0 Å². The van der Waals surface area contributed by atoms with E-state index < -0.39 is 0 Å². The van der Waals surface area contributed by atoms with Gasteiger partial charge in [0.1, 0.15) is 11.2 Å². The minimum absolute atomic E-state index is 0.894.